The monoisotopic (exact) mass is 260 g/mol. The number of amides is 1. The summed E-state index contributed by atoms with van der Waals surface area (Å²) in [4.78, 5) is 11.6. The number of nitrogens with one attached hydrogen (secondary N) is 2. The van der Waals surface area contributed by atoms with E-state index in [2.05, 4.69) is 10.6 Å². The fourth-order valence-electron chi connectivity index (χ4n) is 1.89. The van der Waals surface area contributed by atoms with Crippen molar-refractivity contribution in [2.75, 3.05) is 6.54 Å². The lowest BCUT2D eigenvalue weighted by atomic mass is 10.1. The second-order valence-corrected chi connectivity index (χ2v) is 5.65. The Hall–Kier alpha value is -1.81. The summed E-state index contributed by atoms with van der Waals surface area (Å²) in [6.45, 7) is 6.72. The van der Waals surface area contributed by atoms with Crippen LogP contribution in [0.25, 0.3) is 11.0 Å². The molecule has 19 heavy (non-hydrogen) atoms. The zero-order chi connectivity index (χ0) is 13.9. The number of carbonyl (C=O) groups is 1. The van der Waals surface area contributed by atoms with Gasteiger partial charge in [-0.3, -0.25) is 4.79 Å². The first-order chi connectivity index (χ1) is 8.94. The maximum atomic E-state index is 11.6. The van der Waals surface area contributed by atoms with Gasteiger partial charge in [0, 0.05) is 10.9 Å². The smallest absolute Gasteiger partial charge is 0.234 e. The van der Waals surface area contributed by atoms with Crippen LogP contribution in [0.3, 0.4) is 0 Å². The van der Waals surface area contributed by atoms with Crippen molar-refractivity contribution < 1.29 is 9.21 Å². The largest absolute Gasteiger partial charge is 0.460 e. The van der Waals surface area contributed by atoms with Crippen LogP contribution in [0.5, 0.6) is 0 Å². The molecule has 0 atom stereocenters. The van der Waals surface area contributed by atoms with Gasteiger partial charge in [0.05, 0.1) is 13.1 Å². The van der Waals surface area contributed by atoms with E-state index in [0.717, 1.165) is 16.7 Å². The molecule has 0 aliphatic heterocycles. The van der Waals surface area contributed by atoms with Crippen LogP contribution in [0.1, 0.15) is 26.5 Å². The molecule has 2 N–H and O–H groups in total. The second kappa shape index (κ2) is 5.45. The molecule has 1 aromatic carbocycles. The lowest BCUT2D eigenvalue weighted by Gasteiger charge is -2.20. The van der Waals surface area contributed by atoms with Gasteiger partial charge in [0.25, 0.3) is 0 Å². The van der Waals surface area contributed by atoms with E-state index >= 15 is 0 Å². The van der Waals surface area contributed by atoms with Gasteiger partial charge in [-0.05, 0) is 32.9 Å². The summed E-state index contributed by atoms with van der Waals surface area (Å²) in [5, 5.41) is 7.06. The summed E-state index contributed by atoms with van der Waals surface area (Å²) in [6.07, 6.45) is 0. The maximum absolute atomic E-state index is 11.6. The number of benzene rings is 1. The van der Waals surface area contributed by atoms with Crippen LogP contribution in [-0.4, -0.2) is 18.0 Å². The Morgan fingerprint density at radius 1 is 1.26 bits per heavy atom. The molecule has 2 rings (SSSR count). The predicted molar refractivity (Wildman–Crippen MR) is 75.8 cm³/mol. The van der Waals surface area contributed by atoms with E-state index in [9.17, 15) is 4.79 Å². The van der Waals surface area contributed by atoms with Crippen molar-refractivity contribution in [2.24, 2.45) is 0 Å². The molecular weight excluding hydrogens is 240 g/mol. The third-order valence-electron chi connectivity index (χ3n) is 2.58. The van der Waals surface area contributed by atoms with Crippen LogP contribution in [0.15, 0.2) is 34.7 Å². The molecule has 2 aromatic rings. The number of rotatable bonds is 4. The van der Waals surface area contributed by atoms with Crippen molar-refractivity contribution in [1.29, 1.82) is 0 Å². The molecule has 1 amide bonds. The quantitative estimate of drug-likeness (QED) is 0.887. The fraction of sp³-hybridized carbons (Fsp3) is 0.400. The Morgan fingerprint density at radius 2 is 2.00 bits per heavy atom. The Morgan fingerprint density at radius 3 is 2.68 bits per heavy atom. The number of furan rings is 1. The molecule has 0 radical (unpaired) electrons. The van der Waals surface area contributed by atoms with Gasteiger partial charge in [-0.1, -0.05) is 18.2 Å². The van der Waals surface area contributed by atoms with Crippen LogP contribution >= 0.6 is 0 Å². The minimum Gasteiger partial charge on any atom is -0.460 e. The summed E-state index contributed by atoms with van der Waals surface area (Å²) in [5.41, 5.74) is 0.677. The fourth-order valence-corrected chi connectivity index (χ4v) is 1.89. The molecule has 0 aliphatic rings. The molecule has 1 aromatic heterocycles. The molecule has 4 heteroatoms. The topological polar surface area (TPSA) is 54.3 Å². The van der Waals surface area contributed by atoms with Gasteiger partial charge in [0.1, 0.15) is 11.3 Å². The van der Waals surface area contributed by atoms with Gasteiger partial charge >= 0.3 is 0 Å². The molecule has 0 unspecified atom stereocenters. The summed E-state index contributed by atoms with van der Waals surface area (Å²) in [7, 11) is 0. The summed E-state index contributed by atoms with van der Waals surface area (Å²) in [6, 6.07) is 9.86. The van der Waals surface area contributed by atoms with Gasteiger partial charge in [0.15, 0.2) is 0 Å². The molecule has 0 saturated carbocycles. The highest BCUT2D eigenvalue weighted by molar-refractivity contribution is 5.79. The number of hydrogen-bond acceptors (Lipinski definition) is 3. The Balaban J connectivity index is 1.84. The van der Waals surface area contributed by atoms with Crippen molar-refractivity contribution >= 4 is 16.9 Å². The first kappa shape index (κ1) is 13.6. The van der Waals surface area contributed by atoms with Gasteiger partial charge in [-0.15, -0.1) is 0 Å². The number of hydrogen-bond donors (Lipinski definition) is 2. The maximum Gasteiger partial charge on any atom is 0.234 e. The number of para-hydroxylation sites is 1. The van der Waals surface area contributed by atoms with E-state index in [1.807, 2.05) is 51.1 Å². The van der Waals surface area contributed by atoms with Crippen molar-refractivity contribution in [3.63, 3.8) is 0 Å². The number of carbonyl (C=O) groups excluding carboxylic acids is 1. The average molecular weight is 260 g/mol. The highest BCUT2D eigenvalue weighted by Gasteiger charge is 2.13. The molecule has 102 valence electrons. The van der Waals surface area contributed by atoms with Crippen LogP contribution in [-0.2, 0) is 11.3 Å². The lowest BCUT2D eigenvalue weighted by Crippen LogP contribution is -2.44. The molecule has 0 saturated heterocycles. The third kappa shape index (κ3) is 4.10. The highest BCUT2D eigenvalue weighted by Crippen LogP contribution is 2.18. The van der Waals surface area contributed by atoms with Crippen molar-refractivity contribution in [1.82, 2.24) is 10.6 Å². The SMILES string of the molecule is CC(C)(C)NC(=O)CNCc1cc2ccccc2o1. The standard InChI is InChI=1S/C15H20N2O2/c1-15(2,3)17-14(18)10-16-9-12-8-11-6-4-5-7-13(11)19-12/h4-8,16H,9-10H2,1-3H3,(H,17,18). The Kier molecular flexibility index (Phi) is 3.90. The molecule has 0 spiro atoms. The molecular formula is C15H20N2O2. The molecule has 0 bridgehead atoms. The van der Waals surface area contributed by atoms with Gasteiger partial charge in [0.2, 0.25) is 5.91 Å². The molecule has 0 aliphatic carbocycles. The minimum atomic E-state index is -0.196. The second-order valence-electron chi connectivity index (χ2n) is 5.65. The first-order valence-electron chi connectivity index (χ1n) is 6.43. The lowest BCUT2D eigenvalue weighted by molar-refractivity contribution is -0.121. The van der Waals surface area contributed by atoms with Gasteiger partial charge in [-0.2, -0.15) is 0 Å². The van der Waals surface area contributed by atoms with Crippen LogP contribution in [0.4, 0.5) is 0 Å². The van der Waals surface area contributed by atoms with Crippen molar-refractivity contribution in [3.05, 3.63) is 36.1 Å². The van der Waals surface area contributed by atoms with E-state index < -0.39 is 0 Å². The van der Waals surface area contributed by atoms with E-state index in [0.29, 0.717) is 6.54 Å². The van der Waals surface area contributed by atoms with E-state index in [4.69, 9.17) is 4.42 Å². The summed E-state index contributed by atoms with van der Waals surface area (Å²) in [5.74, 6) is 0.827. The van der Waals surface area contributed by atoms with Crippen LogP contribution in [0.2, 0.25) is 0 Å². The predicted octanol–water partition coefficient (Wildman–Crippen LogP) is 2.44. The van der Waals surface area contributed by atoms with Gasteiger partial charge in [-0.25, -0.2) is 0 Å². The normalized spacial score (nSPS) is 11.7. The zero-order valence-corrected chi connectivity index (χ0v) is 11.6. The minimum absolute atomic E-state index is 0.0105. The summed E-state index contributed by atoms with van der Waals surface area (Å²) >= 11 is 0. The van der Waals surface area contributed by atoms with Crippen LogP contribution in [0, 0.1) is 0 Å². The van der Waals surface area contributed by atoms with Crippen LogP contribution < -0.4 is 10.6 Å². The Bertz CT molecular complexity index is 534. The van der Waals surface area contributed by atoms with Crippen molar-refractivity contribution in [3.8, 4) is 0 Å². The van der Waals surface area contributed by atoms with Gasteiger partial charge < -0.3 is 15.1 Å². The molecule has 0 fully saturated rings. The summed E-state index contributed by atoms with van der Waals surface area (Å²) < 4.78 is 5.66. The number of fused-ring (bicyclic) bond motifs is 1. The highest BCUT2D eigenvalue weighted by atomic mass is 16.3. The molecule has 4 nitrogen and oxygen atoms in total. The first-order valence-corrected chi connectivity index (χ1v) is 6.43. The molecule has 1 heterocycles. The van der Waals surface area contributed by atoms with E-state index in [-0.39, 0.29) is 18.0 Å². The zero-order valence-electron chi connectivity index (χ0n) is 11.6. The Labute approximate surface area is 113 Å². The average Bonchev–Trinajstić information content (AvgIpc) is 2.68. The third-order valence-corrected chi connectivity index (χ3v) is 2.58. The van der Waals surface area contributed by atoms with E-state index in [1.165, 1.54) is 0 Å². The van der Waals surface area contributed by atoms with Crippen molar-refractivity contribution in [2.45, 2.75) is 32.9 Å². The van der Waals surface area contributed by atoms with E-state index in [1.54, 1.807) is 0 Å².